The largest absolute Gasteiger partial charge is 0.508 e. The molecule has 16 rings (SSSR count). The van der Waals surface area contributed by atoms with Crippen molar-refractivity contribution >= 4 is 80.5 Å². The van der Waals surface area contributed by atoms with E-state index in [2.05, 4.69) is 59.5 Å². The van der Waals surface area contributed by atoms with E-state index >= 15 is 28.8 Å². The molecule has 11 aliphatic rings. The van der Waals surface area contributed by atoms with Crippen molar-refractivity contribution in [3.8, 4) is 45.6 Å². The van der Waals surface area contributed by atoms with Gasteiger partial charge in [0.25, 0.3) is 0 Å². The number of carbonyl (C=O) groups is 8. The van der Waals surface area contributed by atoms with Gasteiger partial charge in [0.1, 0.15) is 90.1 Å². The van der Waals surface area contributed by atoms with Crippen molar-refractivity contribution < 1.29 is 107 Å². The number of phenols is 1. The van der Waals surface area contributed by atoms with Gasteiger partial charge in [-0.15, -0.1) is 0 Å². The van der Waals surface area contributed by atoms with Crippen molar-refractivity contribution in [3.63, 3.8) is 0 Å². The summed E-state index contributed by atoms with van der Waals surface area (Å²) in [4.78, 5) is 122. The van der Waals surface area contributed by atoms with Crippen LogP contribution in [0.2, 0.25) is 10.0 Å². The summed E-state index contributed by atoms with van der Waals surface area (Å²) in [5, 5.41) is 121. The minimum Gasteiger partial charge on any atom is -0.508 e. The highest BCUT2D eigenvalue weighted by atomic mass is 35.5. The summed E-state index contributed by atoms with van der Waals surface area (Å²) in [6.07, 6.45) is -3.74. The highest BCUT2D eigenvalue weighted by Crippen LogP contribution is 2.56. The molecule has 5 aliphatic carbocycles. The van der Waals surface area contributed by atoms with Crippen LogP contribution in [0.5, 0.6) is 34.5 Å². The fourth-order valence-corrected chi connectivity index (χ4v) is 19.7. The van der Waals surface area contributed by atoms with Gasteiger partial charge in [-0.3, -0.25) is 38.4 Å². The van der Waals surface area contributed by atoms with Gasteiger partial charge in [-0.2, -0.15) is 0 Å². The topological polar surface area (TPSA) is 542 Å². The number of rotatable bonds is 26. The molecule has 0 aromatic heterocycles. The van der Waals surface area contributed by atoms with E-state index in [0.29, 0.717) is 18.3 Å². The van der Waals surface area contributed by atoms with Gasteiger partial charge in [0.15, 0.2) is 11.5 Å². The Morgan fingerprint density at radius 3 is 1.89 bits per heavy atom. The maximum absolute atomic E-state index is 16.4. The molecule has 15 bridgehead atoms. The van der Waals surface area contributed by atoms with Gasteiger partial charge < -0.3 is 119 Å². The van der Waals surface area contributed by atoms with Crippen molar-refractivity contribution in [2.75, 3.05) is 32.4 Å². The number of phenolic OH excluding ortho intramolecular Hbond substituents is 1. The molecule has 6 heterocycles. The van der Waals surface area contributed by atoms with E-state index in [1.807, 2.05) is 13.8 Å². The summed E-state index contributed by atoms with van der Waals surface area (Å²) in [6, 6.07) is -0.00828. The van der Waals surface area contributed by atoms with Crippen LogP contribution in [0.15, 0.2) is 72.8 Å². The van der Waals surface area contributed by atoms with E-state index in [1.54, 1.807) is 0 Å². The Bertz CT molecular complexity index is 4800. The maximum atomic E-state index is 16.4. The quantitative estimate of drug-likeness (QED) is 0.0279. The lowest BCUT2D eigenvalue weighted by molar-refractivity contribution is -0.270. The highest BCUT2D eigenvalue weighted by Gasteiger charge is 2.53. The van der Waals surface area contributed by atoms with Crippen LogP contribution >= 0.6 is 23.2 Å². The number of nitrogens with two attached hydrogens (primary N) is 2. The van der Waals surface area contributed by atoms with Gasteiger partial charge >= 0.3 is 0 Å². The maximum Gasteiger partial charge on any atom is 0.248 e. The van der Waals surface area contributed by atoms with E-state index in [-0.39, 0.29) is 116 Å². The van der Waals surface area contributed by atoms with Crippen molar-refractivity contribution in [1.82, 2.24) is 52.6 Å². The third kappa shape index (κ3) is 18.9. The lowest BCUT2D eigenvalue weighted by Crippen LogP contribution is -2.60. The first kappa shape index (κ1) is 87.9. The predicted octanol–water partition coefficient (Wildman–Crippen LogP) is 2.54. The second kappa shape index (κ2) is 36.8. The monoisotopic (exact) mass is 1710 g/mol. The predicted molar refractivity (Wildman–Crippen MR) is 430 cm³/mol. The van der Waals surface area contributed by atoms with Gasteiger partial charge in [-0.1, -0.05) is 107 Å². The van der Waals surface area contributed by atoms with Crippen LogP contribution in [0.25, 0.3) is 11.1 Å². The zero-order valence-electron chi connectivity index (χ0n) is 66.0. The third-order valence-electron chi connectivity index (χ3n) is 24.0. The number of carbonyl (C=O) groups excluding carboxylic acids is 8. The smallest absolute Gasteiger partial charge is 0.248 e. The first-order valence-corrected chi connectivity index (χ1v) is 42.9. The number of nitrogens with one attached hydrogen (secondary N) is 10. The molecule has 6 aliphatic heterocycles. The fraction of sp³-hybridized carbons (Fsp3) is 0.537. The SMILES string of the molecule is CCCCCCCCCS(=O)(=O)NCCNCc1c(O)cc2c3c1C(O)(O)c1ccc(cc1-3)[C@H]1NC(=O)[C@@H]3NC(=O)[C@H](CC(N)=O)NC(=O)[C@H](NC(=O)[C@@H](CC(C)C)NC)[C@H](O)c4ccc(c(Cl)c4)Oc4cc3cc(c4O[C@@H]3O[C@H](CN)[C@@H](O)[C@H](O)[C@H]3O)Oc3ccc(cc3Cl)[C@@H](O)[C@H](NC1=O)C(=O)N[C@@H]2C(=O)NC1C2CC3CC(C2)CC1C3. The molecule has 34 nitrogen and oxygen atoms in total. The van der Waals surface area contributed by atoms with Crippen LogP contribution in [0.3, 0.4) is 0 Å². The molecule has 0 unspecified atom stereocenters. The number of amides is 8. The van der Waals surface area contributed by atoms with Crippen LogP contribution in [0, 0.1) is 29.6 Å². The summed E-state index contributed by atoms with van der Waals surface area (Å²) >= 11 is 14.3. The average Bonchev–Trinajstić information content (AvgIpc) is 1.54. The van der Waals surface area contributed by atoms with Crippen molar-refractivity contribution in [2.24, 2.45) is 41.1 Å². The van der Waals surface area contributed by atoms with Crippen molar-refractivity contribution in [3.05, 3.63) is 127 Å². The molecule has 37 heteroatoms. The summed E-state index contributed by atoms with van der Waals surface area (Å²) in [5.74, 6) is -14.9. The normalized spacial score (nSPS) is 28.3. The molecule has 0 spiro atoms. The van der Waals surface area contributed by atoms with E-state index in [1.165, 1.54) is 55.6 Å². The molecule has 1 saturated heterocycles. The van der Waals surface area contributed by atoms with Crippen LogP contribution in [-0.4, -0.2) is 190 Å². The van der Waals surface area contributed by atoms with E-state index in [0.717, 1.165) is 94.9 Å². The number of fused-ring (bicyclic) bond motifs is 12. The molecule has 4 saturated carbocycles. The minimum absolute atomic E-state index is 0.0409. The van der Waals surface area contributed by atoms with Gasteiger partial charge in [-0.05, 0) is 169 Å². The van der Waals surface area contributed by atoms with Crippen LogP contribution in [0.1, 0.15) is 186 Å². The Morgan fingerprint density at radius 2 is 1.28 bits per heavy atom. The number of aliphatic hydroxyl groups is 7. The Balaban J connectivity index is 0.976. The molecule has 22 N–H and O–H groups in total. The molecule has 119 heavy (non-hydrogen) atoms. The van der Waals surface area contributed by atoms with Crippen LogP contribution in [-0.2, 0) is 65.4 Å². The average molecular weight is 1710 g/mol. The van der Waals surface area contributed by atoms with Crippen LogP contribution < -0.4 is 78.3 Å². The van der Waals surface area contributed by atoms with Gasteiger partial charge in [0, 0.05) is 48.9 Å². The second-order valence-corrected chi connectivity index (χ2v) is 35.6. The molecule has 5 aromatic carbocycles. The van der Waals surface area contributed by atoms with Crippen LogP contribution in [0.4, 0.5) is 0 Å². The number of aromatic hydroxyl groups is 1. The number of likely N-dealkylation sites (N-methyl/N-ethyl adjacent to an activating group) is 1. The van der Waals surface area contributed by atoms with Gasteiger partial charge in [0.05, 0.1) is 28.3 Å². The van der Waals surface area contributed by atoms with E-state index in [4.69, 9.17) is 53.6 Å². The molecule has 8 amide bonds. The van der Waals surface area contributed by atoms with Crippen molar-refractivity contribution in [2.45, 2.75) is 214 Å². The first-order valence-electron chi connectivity index (χ1n) is 40.5. The summed E-state index contributed by atoms with van der Waals surface area (Å²) in [7, 11) is -2.26. The lowest BCUT2D eigenvalue weighted by atomic mass is 9.54. The second-order valence-electron chi connectivity index (χ2n) is 32.9. The number of benzene rings is 5. The van der Waals surface area contributed by atoms with E-state index < -0.39 is 201 Å². The molecule has 5 fully saturated rings. The molecular weight excluding hydrogens is 1610 g/mol. The first-order chi connectivity index (χ1) is 56.6. The molecular formula is C82H104Cl2N12O22S. The number of primary amides is 1. The lowest BCUT2D eigenvalue weighted by Gasteiger charge is -2.54. The van der Waals surface area contributed by atoms with Gasteiger partial charge in [-0.25, -0.2) is 13.1 Å². The molecule has 5 aromatic rings. The van der Waals surface area contributed by atoms with E-state index in [9.17, 15) is 58.9 Å². The number of hydrogen-bond acceptors (Lipinski definition) is 25. The van der Waals surface area contributed by atoms with Gasteiger partial charge in [0.2, 0.25) is 75.1 Å². The highest BCUT2D eigenvalue weighted by molar-refractivity contribution is 7.89. The Labute approximate surface area is 696 Å². The Kier molecular flexibility index (Phi) is 27.2. The molecule has 644 valence electrons. The number of sulfonamides is 1. The zero-order valence-corrected chi connectivity index (χ0v) is 68.4. The molecule has 0 radical (unpaired) electrons. The van der Waals surface area contributed by atoms with Crippen molar-refractivity contribution in [1.29, 1.82) is 0 Å². The number of aliphatic hydroxyl groups excluding tert-OH is 5. The summed E-state index contributed by atoms with van der Waals surface area (Å²) in [6.45, 7) is 4.74. The fourth-order valence-electron chi connectivity index (χ4n) is 18.1. The Morgan fingerprint density at radius 1 is 0.672 bits per heavy atom. The number of ether oxygens (including phenoxy) is 4. The zero-order chi connectivity index (χ0) is 85.4. The number of halogens is 2. The molecule has 14 atom stereocenters. The standard InChI is InChI=1S/C82H104Cl2N12O22S/c1-5-6-7-8-9-10-11-20-119(113,114)89-19-18-88-35-47-53(97)32-46-60-45-27-39(12-15-48(45)82(111,112)61(47)60)63-76(106)96-67(80(110)94-65(46)78(108)91-62-42-23-37-22-38(25-42)26-43(62)24-37)69(100)41-14-17-55(50(84)29-41)116-57-31-44-30-56(73(57)118-81-72(103)71(102)70(101)58(34-85)117-81)115-54-16-13-40(28-49(54)83)68(99)66(95-74(104)51(87-4)21-36(2)3)79(109)90-52(33-59(86)98)75(105)92-64(44)77(107)93-63/h12-17,27-32,36-38,42-43,51-52,58,62-72,81,87-89,97,99-103,111-112H,5-11,18-26,33-35,85H2,1-4H3,(H2,86,98)(H,90,109)(H,91,108)(H,92,105)(H,93,107)(H,94,110)(H,95,104)(H,96,106)/t37?,38?,42?,43?,51-,52+,58-,62?,63-,64-,65+,66-,67+,68-,69-,70-,71+,72-,81+/m1/s1. The Hall–Kier alpha value is -8.89. The third-order valence-corrected chi connectivity index (χ3v) is 26.1. The summed E-state index contributed by atoms with van der Waals surface area (Å²) < 4.78 is 54.6. The summed E-state index contributed by atoms with van der Waals surface area (Å²) in [5.41, 5.74) is 9.37. The number of hydrogen-bond donors (Lipinski definition) is 20. The number of unbranched alkanes of at least 4 members (excludes halogenated alkanes) is 6. The minimum atomic E-state index is -3.75.